The van der Waals surface area contributed by atoms with E-state index in [-0.39, 0.29) is 0 Å². The molecular formula is C20H16FeN5. The summed E-state index contributed by atoms with van der Waals surface area (Å²) in [5.74, 6) is 0. The summed E-state index contributed by atoms with van der Waals surface area (Å²) in [5.41, 5.74) is 7.86. The van der Waals surface area contributed by atoms with Crippen molar-refractivity contribution in [3.63, 3.8) is 0 Å². The third-order valence-electron chi connectivity index (χ3n) is 4.04. The SMILES string of the molecule is C1=Cc2cc3ccc(cc4nc(cc5ccc(cc1n2)[nH]5)C=C4)[nH]3.[NH2][Fe]. The second-order valence-electron chi connectivity index (χ2n) is 5.91. The summed E-state index contributed by atoms with van der Waals surface area (Å²) in [5, 5.41) is 0. The van der Waals surface area contributed by atoms with Crippen molar-refractivity contribution >= 4 is 46.4 Å². The van der Waals surface area contributed by atoms with Crippen LogP contribution in [0.4, 0.5) is 0 Å². The van der Waals surface area contributed by atoms with E-state index in [0.29, 0.717) is 0 Å². The van der Waals surface area contributed by atoms with Crippen LogP contribution in [0.25, 0.3) is 46.4 Å². The first-order valence-electron chi connectivity index (χ1n) is 8.05. The zero-order valence-corrected chi connectivity index (χ0v) is 14.9. The number of fused-ring (bicyclic) bond motifs is 8. The Hall–Kier alpha value is -2.92. The topological polar surface area (TPSA) is 83.4 Å². The Bertz CT molecular complexity index is 993. The molecule has 0 aromatic carbocycles. The van der Waals surface area contributed by atoms with Crippen LogP contribution in [0.1, 0.15) is 22.8 Å². The summed E-state index contributed by atoms with van der Waals surface area (Å²) in [6, 6.07) is 16.4. The van der Waals surface area contributed by atoms with Gasteiger partial charge in [-0.1, -0.05) is 0 Å². The van der Waals surface area contributed by atoms with Crippen LogP contribution in [0.5, 0.6) is 0 Å². The summed E-state index contributed by atoms with van der Waals surface area (Å²) >= 11 is 2.75. The number of nitrogens with one attached hydrogen (secondary N) is 2. The van der Waals surface area contributed by atoms with Gasteiger partial charge >= 0.3 is 21.0 Å². The molecule has 6 heteroatoms. The van der Waals surface area contributed by atoms with Gasteiger partial charge in [0.2, 0.25) is 0 Å². The van der Waals surface area contributed by atoms with Gasteiger partial charge in [0.15, 0.2) is 0 Å². The van der Waals surface area contributed by atoms with Gasteiger partial charge in [-0.2, -0.15) is 0 Å². The number of nitrogens with zero attached hydrogens (tertiary/aromatic N) is 2. The van der Waals surface area contributed by atoms with Crippen LogP contribution in [0, 0.1) is 0 Å². The Balaban J connectivity index is 0.000000814. The molecule has 2 aliphatic rings. The second-order valence-corrected chi connectivity index (χ2v) is 5.91. The monoisotopic (exact) mass is 382 g/mol. The maximum absolute atomic E-state index is 4.63. The minimum atomic E-state index is 0.939. The Kier molecular flexibility index (Phi) is 4.54. The van der Waals surface area contributed by atoms with Gasteiger partial charge in [-0.25, -0.2) is 9.97 Å². The average molecular weight is 382 g/mol. The van der Waals surface area contributed by atoms with Crippen LogP contribution in [0.15, 0.2) is 48.5 Å². The van der Waals surface area contributed by atoms with E-state index in [1.807, 2.05) is 48.6 Å². The van der Waals surface area contributed by atoms with Crippen molar-refractivity contribution in [1.82, 2.24) is 19.9 Å². The molecule has 0 radical (unpaired) electrons. The van der Waals surface area contributed by atoms with Crippen LogP contribution in [-0.2, 0) is 16.2 Å². The molecule has 26 heavy (non-hydrogen) atoms. The van der Waals surface area contributed by atoms with Crippen molar-refractivity contribution in [2.45, 2.75) is 0 Å². The first-order valence-corrected chi connectivity index (χ1v) is 8.69. The van der Waals surface area contributed by atoms with E-state index in [9.17, 15) is 0 Å². The van der Waals surface area contributed by atoms with Crippen LogP contribution in [0.3, 0.4) is 0 Å². The van der Waals surface area contributed by atoms with Crippen molar-refractivity contribution in [3.8, 4) is 0 Å². The summed E-state index contributed by atoms with van der Waals surface area (Å²) in [4.78, 5) is 16.0. The molecular weight excluding hydrogens is 366 g/mol. The first kappa shape index (κ1) is 16.5. The molecule has 5 rings (SSSR count). The molecule has 5 heterocycles. The first-order chi connectivity index (χ1) is 12.8. The molecule has 0 aliphatic carbocycles. The third-order valence-corrected chi connectivity index (χ3v) is 4.04. The molecule has 3 aromatic rings. The maximum atomic E-state index is 4.63. The number of H-pyrrole nitrogens is 2. The van der Waals surface area contributed by atoms with Crippen LogP contribution in [0.2, 0.25) is 0 Å². The van der Waals surface area contributed by atoms with Crippen LogP contribution < -0.4 is 4.75 Å². The zero-order valence-electron chi connectivity index (χ0n) is 13.8. The summed E-state index contributed by atoms with van der Waals surface area (Å²) < 4.78 is 4.25. The fourth-order valence-electron chi connectivity index (χ4n) is 2.94. The summed E-state index contributed by atoms with van der Waals surface area (Å²) in [6.07, 6.45) is 8.09. The predicted octanol–water partition coefficient (Wildman–Crippen LogP) is 4.06. The van der Waals surface area contributed by atoms with Gasteiger partial charge in [-0.3, -0.25) is 0 Å². The number of rotatable bonds is 0. The standard InChI is InChI=1S/C20H14N4.Fe.H2N/c1-2-14-10-16-5-6-18(23-16)12-20-8-7-19(24-20)11-17-4-3-15(22-17)9-13(1)21-14;;/h1-12,21,24H;;1H2/q;+1;-1. The van der Waals surface area contributed by atoms with Gasteiger partial charge in [0.05, 0.1) is 22.8 Å². The molecule has 3 aromatic heterocycles. The van der Waals surface area contributed by atoms with E-state index in [1.54, 1.807) is 0 Å². The van der Waals surface area contributed by atoms with Crippen molar-refractivity contribution in [2.24, 2.45) is 4.75 Å². The molecule has 0 unspecified atom stereocenters. The molecule has 2 aliphatic heterocycles. The fraction of sp³-hybridized carbons (Fsp3) is 0. The molecule has 0 fully saturated rings. The van der Waals surface area contributed by atoms with Crippen LogP contribution in [-0.4, -0.2) is 19.9 Å². The number of hydrogen-bond acceptors (Lipinski definition) is 3. The number of aromatic nitrogens is 4. The van der Waals surface area contributed by atoms with E-state index in [0.717, 1.165) is 44.8 Å². The van der Waals surface area contributed by atoms with Gasteiger partial charge < -0.3 is 9.97 Å². The Morgan fingerprint density at radius 2 is 0.808 bits per heavy atom. The number of nitrogens with two attached hydrogens (primary N) is 1. The van der Waals surface area contributed by atoms with E-state index in [1.165, 1.54) is 0 Å². The van der Waals surface area contributed by atoms with Crippen molar-refractivity contribution in [3.05, 3.63) is 71.3 Å². The summed E-state index contributed by atoms with van der Waals surface area (Å²) in [6.45, 7) is 0. The quantitative estimate of drug-likeness (QED) is 0.353. The predicted molar refractivity (Wildman–Crippen MR) is 103 cm³/mol. The Morgan fingerprint density at radius 1 is 0.538 bits per heavy atom. The van der Waals surface area contributed by atoms with E-state index < -0.39 is 0 Å². The van der Waals surface area contributed by atoms with E-state index in [4.69, 9.17) is 0 Å². The van der Waals surface area contributed by atoms with Crippen LogP contribution >= 0.6 is 0 Å². The Morgan fingerprint density at radius 3 is 1.08 bits per heavy atom. The molecule has 0 saturated heterocycles. The van der Waals surface area contributed by atoms with Gasteiger partial charge in [-0.05, 0) is 72.8 Å². The molecule has 4 N–H and O–H groups in total. The van der Waals surface area contributed by atoms with Crippen molar-refractivity contribution in [1.29, 1.82) is 0 Å². The second kappa shape index (κ2) is 7.14. The van der Waals surface area contributed by atoms with E-state index >= 15 is 0 Å². The molecule has 0 atom stereocenters. The van der Waals surface area contributed by atoms with Crippen molar-refractivity contribution < 1.29 is 16.2 Å². The third kappa shape index (κ3) is 3.53. The fourth-order valence-corrected chi connectivity index (χ4v) is 2.94. The molecule has 0 saturated carbocycles. The molecule has 8 bridgehead atoms. The summed E-state index contributed by atoms with van der Waals surface area (Å²) in [7, 11) is 0. The zero-order chi connectivity index (χ0) is 17.9. The minimum absolute atomic E-state index is 0.939. The Labute approximate surface area is 158 Å². The molecule has 0 amide bonds. The van der Waals surface area contributed by atoms with Crippen molar-refractivity contribution in [2.75, 3.05) is 0 Å². The average Bonchev–Trinajstić information content (AvgIpc) is 3.42. The van der Waals surface area contributed by atoms with E-state index in [2.05, 4.69) is 65.2 Å². The molecule has 129 valence electrons. The molecule has 0 spiro atoms. The van der Waals surface area contributed by atoms with Gasteiger partial charge in [0.1, 0.15) is 0 Å². The number of aromatic amines is 2. The number of hydrogen-bond donors (Lipinski definition) is 3. The molecule has 5 nitrogen and oxygen atoms in total. The van der Waals surface area contributed by atoms with Gasteiger partial charge in [-0.15, -0.1) is 0 Å². The van der Waals surface area contributed by atoms with Gasteiger partial charge in [0.25, 0.3) is 0 Å². The van der Waals surface area contributed by atoms with Gasteiger partial charge in [0, 0.05) is 22.1 Å². The normalized spacial score (nSPS) is 11.9.